The number of nitrogens with zero attached hydrogens (tertiary/aromatic N) is 1. The highest BCUT2D eigenvalue weighted by atomic mass is 79.9. The average molecular weight is 319 g/mol. The van der Waals surface area contributed by atoms with Crippen LogP contribution in [0.15, 0.2) is 53.0 Å². The van der Waals surface area contributed by atoms with Crippen molar-refractivity contribution in [2.75, 3.05) is 18.5 Å². The van der Waals surface area contributed by atoms with Gasteiger partial charge in [-0.1, -0.05) is 40.2 Å². The molecule has 0 aliphatic carbocycles. The minimum atomic E-state index is 0.873. The molecule has 0 unspecified atom stereocenters. The number of halogens is 1. The topological polar surface area (TPSA) is 15.3 Å². The molecule has 0 bridgehead atoms. The number of benzene rings is 2. The molecule has 0 heterocycles. The second kappa shape index (κ2) is 6.73. The minimum absolute atomic E-state index is 0.873. The summed E-state index contributed by atoms with van der Waals surface area (Å²) in [7, 11) is 1.96. The molecule has 0 atom stereocenters. The normalized spacial score (nSPS) is 10.5. The Balaban J connectivity index is 2.32. The predicted molar refractivity (Wildman–Crippen MR) is 86.0 cm³/mol. The zero-order valence-corrected chi connectivity index (χ0v) is 12.9. The third-order valence-electron chi connectivity index (χ3n) is 3.10. The van der Waals surface area contributed by atoms with Crippen molar-refractivity contribution in [3.8, 4) is 0 Å². The van der Waals surface area contributed by atoms with Crippen LogP contribution in [0, 0.1) is 0 Å². The highest BCUT2D eigenvalue weighted by Gasteiger charge is 2.08. The van der Waals surface area contributed by atoms with Crippen molar-refractivity contribution >= 4 is 27.3 Å². The zero-order chi connectivity index (χ0) is 13.7. The van der Waals surface area contributed by atoms with Crippen LogP contribution in [0.2, 0.25) is 0 Å². The molecule has 0 aliphatic heterocycles. The van der Waals surface area contributed by atoms with E-state index in [1.807, 2.05) is 13.1 Å². The summed E-state index contributed by atoms with van der Waals surface area (Å²) in [6, 6.07) is 17.0. The average Bonchev–Trinajstić information content (AvgIpc) is 2.44. The Labute approximate surface area is 123 Å². The molecule has 1 N–H and O–H groups in total. The van der Waals surface area contributed by atoms with Gasteiger partial charge in [-0.3, -0.25) is 0 Å². The van der Waals surface area contributed by atoms with Gasteiger partial charge in [-0.05, 0) is 43.8 Å². The summed E-state index contributed by atoms with van der Waals surface area (Å²) in [5.74, 6) is 0. The minimum Gasteiger partial charge on any atom is -0.342 e. The van der Waals surface area contributed by atoms with Crippen molar-refractivity contribution in [2.45, 2.75) is 13.5 Å². The van der Waals surface area contributed by atoms with Gasteiger partial charge in [0.15, 0.2) is 0 Å². The Morgan fingerprint density at radius 3 is 2.37 bits per heavy atom. The molecule has 0 saturated carbocycles. The predicted octanol–water partition coefficient (Wildman–Crippen LogP) is 4.33. The lowest BCUT2D eigenvalue weighted by Crippen LogP contribution is -2.16. The lowest BCUT2D eigenvalue weighted by Gasteiger charge is -2.24. The first-order valence-electron chi connectivity index (χ1n) is 6.52. The SMILES string of the molecule is CCN(c1ccccc1)c1ccc(CNC)c(Br)c1. The van der Waals surface area contributed by atoms with Gasteiger partial charge in [0.25, 0.3) is 0 Å². The fourth-order valence-corrected chi connectivity index (χ4v) is 2.67. The van der Waals surface area contributed by atoms with Gasteiger partial charge in [-0.25, -0.2) is 0 Å². The monoisotopic (exact) mass is 318 g/mol. The van der Waals surface area contributed by atoms with E-state index in [0.29, 0.717) is 0 Å². The number of rotatable bonds is 5. The molecular weight excluding hydrogens is 300 g/mol. The summed E-state index contributed by atoms with van der Waals surface area (Å²) in [5.41, 5.74) is 3.70. The number of nitrogens with one attached hydrogen (secondary N) is 1. The van der Waals surface area contributed by atoms with Gasteiger partial charge in [0, 0.05) is 28.9 Å². The molecule has 2 aromatic carbocycles. The molecule has 2 nitrogen and oxygen atoms in total. The van der Waals surface area contributed by atoms with Crippen LogP contribution in [0.5, 0.6) is 0 Å². The van der Waals surface area contributed by atoms with Gasteiger partial charge in [0.1, 0.15) is 0 Å². The van der Waals surface area contributed by atoms with E-state index in [0.717, 1.165) is 17.6 Å². The maximum atomic E-state index is 3.65. The van der Waals surface area contributed by atoms with E-state index in [2.05, 4.69) is 75.5 Å². The van der Waals surface area contributed by atoms with Crippen molar-refractivity contribution in [3.63, 3.8) is 0 Å². The molecule has 0 radical (unpaired) electrons. The fraction of sp³-hybridized carbons (Fsp3) is 0.250. The van der Waals surface area contributed by atoms with Crippen LogP contribution in [-0.4, -0.2) is 13.6 Å². The van der Waals surface area contributed by atoms with E-state index in [4.69, 9.17) is 0 Å². The second-order valence-electron chi connectivity index (χ2n) is 4.39. The van der Waals surface area contributed by atoms with Crippen molar-refractivity contribution < 1.29 is 0 Å². The smallest absolute Gasteiger partial charge is 0.0422 e. The number of para-hydroxylation sites is 1. The molecule has 2 rings (SSSR count). The molecule has 3 heteroatoms. The van der Waals surface area contributed by atoms with E-state index in [-0.39, 0.29) is 0 Å². The summed E-state index contributed by atoms with van der Waals surface area (Å²) in [6.07, 6.45) is 0. The molecule has 2 aromatic rings. The fourth-order valence-electron chi connectivity index (χ4n) is 2.16. The van der Waals surface area contributed by atoms with E-state index < -0.39 is 0 Å². The standard InChI is InChI=1S/C16H19BrN2/c1-3-19(14-7-5-4-6-8-14)15-10-9-13(12-18-2)16(17)11-15/h4-11,18H,3,12H2,1-2H3. The summed E-state index contributed by atoms with van der Waals surface area (Å²) in [6.45, 7) is 3.99. The first-order chi connectivity index (χ1) is 9.26. The third kappa shape index (κ3) is 3.37. The van der Waals surface area contributed by atoms with Crippen LogP contribution < -0.4 is 10.2 Å². The van der Waals surface area contributed by atoms with Crippen LogP contribution in [0.25, 0.3) is 0 Å². The van der Waals surface area contributed by atoms with Crippen molar-refractivity contribution in [2.24, 2.45) is 0 Å². The largest absolute Gasteiger partial charge is 0.342 e. The Kier molecular flexibility index (Phi) is 5.00. The number of anilines is 2. The van der Waals surface area contributed by atoms with Gasteiger partial charge in [0.05, 0.1) is 0 Å². The van der Waals surface area contributed by atoms with Gasteiger partial charge < -0.3 is 10.2 Å². The van der Waals surface area contributed by atoms with Gasteiger partial charge >= 0.3 is 0 Å². The lowest BCUT2D eigenvalue weighted by molar-refractivity contribution is 0.814. The second-order valence-corrected chi connectivity index (χ2v) is 5.24. The summed E-state index contributed by atoms with van der Waals surface area (Å²) in [4.78, 5) is 2.30. The summed E-state index contributed by atoms with van der Waals surface area (Å²) < 4.78 is 1.15. The zero-order valence-electron chi connectivity index (χ0n) is 11.4. The van der Waals surface area contributed by atoms with Crippen LogP contribution in [-0.2, 0) is 6.54 Å². The van der Waals surface area contributed by atoms with Crippen LogP contribution in [0.3, 0.4) is 0 Å². The molecule has 0 saturated heterocycles. The van der Waals surface area contributed by atoms with E-state index in [9.17, 15) is 0 Å². The van der Waals surface area contributed by atoms with Crippen LogP contribution >= 0.6 is 15.9 Å². The van der Waals surface area contributed by atoms with Gasteiger partial charge in [-0.15, -0.1) is 0 Å². The highest BCUT2D eigenvalue weighted by molar-refractivity contribution is 9.10. The van der Waals surface area contributed by atoms with E-state index >= 15 is 0 Å². The molecule has 100 valence electrons. The first-order valence-corrected chi connectivity index (χ1v) is 7.31. The van der Waals surface area contributed by atoms with E-state index in [1.54, 1.807) is 0 Å². The molecular formula is C16H19BrN2. The van der Waals surface area contributed by atoms with Crippen molar-refractivity contribution in [3.05, 3.63) is 58.6 Å². The van der Waals surface area contributed by atoms with E-state index in [1.165, 1.54) is 16.9 Å². The van der Waals surface area contributed by atoms with Gasteiger partial charge in [0.2, 0.25) is 0 Å². The van der Waals surface area contributed by atoms with Crippen molar-refractivity contribution in [1.29, 1.82) is 0 Å². The first kappa shape index (κ1) is 14.1. The molecule has 0 spiro atoms. The maximum absolute atomic E-state index is 3.65. The van der Waals surface area contributed by atoms with Crippen LogP contribution in [0.4, 0.5) is 11.4 Å². The molecule has 0 aliphatic rings. The Morgan fingerprint density at radius 2 is 1.79 bits per heavy atom. The summed E-state index contributed by atoms with van der Waals surface area (Å²) >= 11 is 3.65. The summed E-state index contributed by atoms with van der Waals surface area (Å²) in [5, 5.41) is 3.18. The highest BCUT2D eigenvalue weighted by Crippen LogP contribution is 2.29. The lowest BCUT2D eigenvalue weighted by atomic mass is 10.1. The molecule has 0 aromatic heterocycles. The Morgan fingerprint density at radius 1 is 1.05 bits per heavy atom. The van der Waals surface area contributed by atoms with Crippen molar-refractivity contribution in [1.82, 2.24) is 5.32 Å². The third-order valence-corrected chi connectivity index (χ3v) is 3.84. The molecule has 19 heavy (non-hydrogen) atoms. The van der Waals surface area contributed by atoms with Gasteiger partial charge in [-0.2, -0.15) is 0 Å². The number of hydrogen-bond donors (Lipinski definition) is 1. The quantitative estimate of drug-likeness (QED) is 0.882. The molecule has 0 amide bonds. The Hall–Kier alpha value is -1.32. The maximum Gasteiger partial charge on any atom is 0.0422 e. The number of hydrogen-bond acceptors (Lipinski definition) is 2. The Bertz CT molecular complexity index is 526. The van der Waals surface area contributed by atoms with Crippen LogP contribution in [0.1, 0.15) is 12.5 Å². The molecule has 0 fully saturated rings.